The maximum absolute atomic E-state index is 12.6. The molecule has 0 aliphatic heterocycles. The van der Waals surface area contributed by atoms with Crippen molar-refractivity contribution in [1.29, 1.82) is 0 Å². The van der Waals surface area contributed by atoms with Crippen LogP contribution in [-0.4, -0.2) is 4.98 Å². The first-order valence-corrected chi connectivity index (χ1v) is 13.0. The molecule has 0 saturated heterocycles. The molecule has 1 aromatic heterocycles. The Hall–Kier alpha value is -1.06. The minimum atomic E-state index is -4.34. The van der Waals surface area contributed by atoms with Crippen LogP contribution in [0.1, 0.15) is 114 Å². The van der Waals surface area contributed by atoms with Gasteiger partial charge in [0, 0.05) is 6.20 Å². The zero-order chi connectivity index (χ0) is 22.1. The third kappa shape index (κ3) is 8.09. The lowest BCUT2D eigenvalue weighted by molar-refractivity contribution is -0.141. The van der Waals surface area contributed by atoms with E-state index in [0.717, 1.165) is 48.1 Å². The van der Waals surface area contributed by atoms with Gasteiger partial charge in [-0.1, -0.05) is 77.2 Å². The molecule has 4 heteroatoms. The van der Waals surface area contributed by atoms with Gasteiger partial charge in [-0.25, -0.2) is 0 Å². The van der Waals surface area contributed by atoms with Crippen molar-refractivity contribution < 1.29 is 13.2 Å². The van der Waals surface area contributed by atoms with E-state index in [1.807, 2.05) is 0 Å². The Balaban J connectivity index is 1.29. The first-order chi connectivity index (χ1) is 15.0. The van der Waals surface area contributed by atoms with Crippen LogP contribution in [-0.2, 0) is 12.6 Å². The molecule has 1 heterocycles. The predicted molar refractivity (Wildman–Crippen MR) is 122 cm³/mol. The van der Waals surface area contributed by atoms with E-state index in [-0.39, 0.29) is 0 Å². The molecule has 0 bridgehead atoms. The number of unbranched alkanes of at least 4 members (excludes halogenated alkanes) is 4. The number of hydrogen-bond acceptors (Lipinski definition) is 1. The van der Waals surface area contributed by atoms with Crippen molar-refractivity contribution in [2.24, 2.45) is 23.7 Å². The number of rotatable bonds is 10. The lowest BCUT2D eigenvalue weighted by Gasteiger charge is -2.38. The molecule has 0 aromatic carbocycles. The summed E-state index contributed by atoms with van der Waals surface area (Å²) in [6.07, 6.45) is 18.6. The van der Waals surface area contributed by atoms with Crippen LogP contribution in [0.5, 0.6) is 0 Å². The second-order valence-corrected chi connectivity index (χ2v) is 10.4. The fourth-order valence-electron chi connectivity index (χ4n) is 6.04. The fourth-order valence-corrected chi connectivity index (χ4v) is 6.04. The second-order valence-electron chi connectivity index (χ2n) is 10.4. The summed E-state index contributed by atoms with van der Waals surface area (Å²) in [6.45, 7) is 2.28. The van der Waals surface area contributed by atoms with Crippen LogP contribution >= 0.6 is 0 Å². The minimum Gasteiger partial charge on any atom is -0.252 e. The molecule has 2 fully saturated rings. The second kappa shape index (κ2) is 12.3. The number of halogens is 3. The standard InChI is InChI=1S/C27H42F3N/c1-2-3-4-5-6-7-21-10-15-24(16-11-21)25-17-12-22(13-18-25)8-9-23-14-19-26(31-20-23)27(28,29)30/h14,19-22,24-25H,2-13,15-18H2,1H3/t21-,22-,24-,25-. The molecule has 0 atom stereocenters. The summed E-state index contributed by atoms with van der Waals surface area (Å²) in [6, 6.07) is 2.72. The molecule has 2 aliphatic carbocycles. The Morgan fingerprint density at radius 1 is 0.774 bits per heavy atom. The van der Waals surface area contributed by atoms with Crippen LogP contribution in [0, 0.1) is 23.7 Å². The SMILES string of the molecule is CCCCCCC[C@H]1CC[C@H]([C@H]2CC[C@H](CCc3ccc(C(F)(F)F)nc3)CC2)CC1. The summed E-state index contributed by atoms with van der Waals surface area (Å²) in [5.41, 5.74) is 0.145. The highest BCUT2D eigenvalue weighted by Crippen LogP contribution is 2.43. The highest BCUT2D eigenvalue weighted by molar-refractivity contribution is 5.16. The maximum Gasteiger partial charge on any atom is 0.433 e. The van der Waals surface area contributed by atoms with Crippen molar-refractivity contribution in [1.82, 2.24) is 4.98 Å². The van der Waals surface area contributed by atoms with Gasteiger partial charge in [-0.15, -0.1) is 0 Å². The Bertz CT molecular complexity index is 608. The van der Waals surface area contributed by atoms with E-state index in [1.165, 1.54) is 96.1 Å². The van der Waals surface area contributed by atoms with Crippen molar-refractivity contribution in [3.8, 4) is 0 Å². The van der Waals surface area contributed by atoms with Crippen LogP contribution in [0.15, 0.2) is 18.3 Å². The van der Waals surface area contributed by atoms with E-state index in [4.69, 9.17) is 0 Å². The van der Waals surface area contributed by atoms with Gasteiger partial charge in [0.1, 0.15) is 5.69 Å². The van der Waals surface area contributed by atoms with Gasteiger partial charge in [0.2, 0.25) is 0 Å². The molecule has 0 radical (unpaired) electrons. The Labute approximate surface area is 187 Å². The van der Waals surface area contributed by atoms with E-state index in [0.29, 0.717) is 0 Å². The summed E-state index contributed by atoms with van der Waals surface area (Å²) < 4.78 is 37.9. The number of aromatic nitrogens is 1. The van der Waals surface area contributed by atoms with Crippen LogP contribution in [0.2, 0.25) is 0 Å². The van der Waals surface area contributed by atoms with Gasteiger partial charge < -0.3 is 0 Å². The first kappa shape index (κ1) is 24.6. The Kier molecular flexibility index (Phi) is 9.72. The molecule has 2 aliphatic rings. The summed E-state index contributed by atoms with van der Waals surface area (Å²) in [5.74, 6) is 3.61. The molecule has 0 amide bonds. The highest BCUT2D eigenvalue weighted by atomic mass is 19.4. The summed E-state index contributed by atoms with van der Waals surface area (Å²) in [5, 5.41) is 0. The largest absolute Gasteiger partial charge is 0.433 e. The number of hydrogen-bond donors (Lipinski definition) is 0. The minimum absolute atomic E-state index is 0.734. The normalized spacial score (nSPS) is 27.4. The summed E-state index contributed by atoms with van der Waals surface area (Å²) in [4.78, 5) is 3.60. The lowest BCUT2D eigenvalue weighted by atomic mass is 9.68. The Morgan fingerprint density at radius 2 is 1.35 bits per heavy atom. The summed E-state index contributed by atoms with van der Waals surface area (Å²) in [7, 11) is 0. The van der Waals surface area contributed by atoms with Crippen molar-refractivity contribution in [3.63, 3.8) is 0 Å². The molecule has 0 unspecified atom stereocenters. The fraction of sp³-hybridized carbons (Fsp3) is 0.815. The third-order valence-corrected chi connectivity index (χ3v) is 8.12. The van der Waals surface area contributed by atoms with Gasteiger partial charge in [0.25, 0.3) is 0 Å². The van der Waals surface area contributed by atoms with Gasteiger partial charge in [0.05, 0.1) is 0 Å². The van der Waals surface area contributed by atoms with Crippen LogP contribution in [0.3, 0.4) is 0 Å². The molecule has 31 heavy (non-hydrogen) atoms. The lowest BCUT2D eigenvalue weighted by Crippen LogP contribution is -2.26. The van der Waals surface area contributed by atoms with Gasteiger partial charge in [-0.2, -0.15) is 13.2 Å². The molecule has 3 rings (SSSR count). The Morgan fingerprint density at radius 3 is 1.87 bits per heavy atom. The monoisotopic (exact) mass is 437 g/mol. The average Bonchev–Trinajstić information content (AvgIpc) is 2.78. The quantitative estimate of drug-likeness (QED) is 0.333. The average molecular weight is 438 g/mol. The van der Waals surface area contributed by atoms with Crippen molar-refractivity contribution in [3.05, 3.63) is 29.6 Å². The molecular weight excluding hydrogens is 395 g/mol. The zero-order valence-electron chi connectivity index (χ0n) is 19.4. The molecule has 1 nitrogen and oxygen atoms in total. The van der Waals surface area contributed by atoms with Crippen LogP contribution in [0.4, 0.5) is 13.2 Å². The third-order valence-electron chi connectivity index (χ3n) is 8.12. The first-order valence-electron chi connectivity index (χ1n) is 13.0. The number of pyridine rings is 1. The van der Waals surface area contributed by atoms with Crippen molar-refractivity contribution in [2.45, 2.75) is 116 Å². The zero-order valence-corrected chi connectivity index (χ0v) is 19.4. The van der Waals surface area contributed by atoms with Crippen LogP contribution in [0.25, 0.3) is 0 Å². The van der Waals surface area contributed by atoms with Gasteiger partial charge in [-0.3, -0.25) is 4.98 Å². The molecule has 0 spiro atoms. The molecule has 176 valence electrons. The van der Waals surface area contributed by atoms with Crippen molar-refractivity contribution >= 4 is 0 Å². The van der Waals surface area contributed by atoms with Gasteiger partial charge in [-0.05, 0) is 73.8 Å². The molecular formula is C27H42F3N. The van der Waals surface area contributed by atoms with E-state index in [2.05, 4.69) is 11.9 Å². The van der Waals surface area contributed by atoms with Crippen LogP contribution < -0.4 is 0 Å². The van der Waals surface area contributed by atoms with E-state index < -0.39 is 11.9 Å². The van der Waals surface area contributed by atoms with E-state index in [1.54, 1.807) is 6.07 Å². The number of aryl methyl sites for hydroxylation is 1. The molecule has 1 aromatic rings. The van der Waals surface area contributed by atoms with E-state index in [9.17, 15) is 13.2 Å². The number of nitrogens with zero attached hydrogens (tertiary/aromatic N) is 1. The smallest absolute Gasteiger partial charge is 0.252 e. The highest BCUT2D eigenvalue weighted by Gasteiger charge is 2.32. The number of alkyl halides is 3. The molecule has 0 N–H and O–H groups in total. The summed E-state index contributed by atoms with van der Waals surface area (Å²) >= 11 is 0. The molecule has 2 saturated carbocycles. The van der Waals surface area contributed by atoms with Crippen molar-refractivity contribution in [2.75, 3.05) is 0 Å². The van der Waals surface area contributed by atoms with E-state index >= 15 is 0 Å². The maximum atomic E-state index is 12.6. The topological polar surface area (TPSA) is 12.9 Å². The van der Waals surface area contributed by atoms with Gasteiger partial charge in [0.15, 0.2) is 0 Å². The van der Waals surface area contributed by atoms with Gasteiger partial charge >= 0.3 is 6.18 Å². The predicted octanol–water partition coefficient (Wildman–Crippen LogP) is 9.01.